The zero-order valence-corrected chi connectivity index (χ0v) is 22.0. The Morgan fingerprint density at radius 3 is 2.16 bits per heavy atom. The lowest BCUT2D eigenvalue weighted by atomic mass is 9.72. The number of benzene rings is 3. The molecule has 0 aromatic heterocycles. The highest BCUT2D eigenvalue weighted by atomic mass is 35.5. The van der Waals surface area contributed by atoms with Crippen molar-refractivity contribution in [2.24, 2.45) is 11.8 Å². The lowest BCUT2D eigenvalue weighted by Crippen LogP contribution is -2.51. The molecular formula is C30H31ClF2N2O3. The van der Waals surface area contributed by atoms with Crippen LogP contribution < -0.4 is 15.4 Å². The van der Waals surface area contributed by atoms with Crippen LogP contribution in [0.15, 0.2) is 60.7 Å². The molecule has 8 heteroatoms. The van der Waals surface area contributed by atoms with Gasteiger partial charge in [0, 0.05) is 23.1 Å². The van der Waals surface area contributed by atoms with E-state index in [4.69, 9.17) is 21.1 Å². The minimum atomic E-state index is -0.905. The highest BCUT2D eigenvalue weighted by molar-refractivity contribution is 6.30. The van der Waals surface area contributed by atoms with Gasteiger partial charge in [0.25, 0.3) is 0 Å². The topological polar surface area (TPSA) is 59.6 Å². The second-order valence-electron chi connectivity index (χ2n) is 9.94. The maximum atomic E-state index is 14.2. The highest BCUT2D eigenvalue weighted by Gasteiger charge is 2.49. The van der Waals surface area contributed by atoms with Crippen LogP contribution in [0, 0.1) is 23.5 Å². The Morgan fingerprint density at radius 2 is 1.58 bits per heavy atom. The summed E-state index contributed by atoms with van der Waals surface area (Å²) >= 11 is 6.22. The molecule has 1 fully saturated rings. The second kappa shape index (κ2) is 11.2. The molecule has 1 unspecified atom stereocenters. The van der Waals surface area contributed by atoms with E-state index < -0.39 is 17.3 Å². The van der Waals surface area contributed by atoms with E-state index in [2.05, 4.69) is 10.6 Å². The Labute approximate surface area is 226 Å². The van der Waals surface area contributed by atoms with Gasteiger partial charge in [0.05, 0.1) is 30.2 Å². The van der Waals surface area contributed by atoms with Gasteiger partial charge in [-0.05, 0) is 67.6 Å². The molecule has 1 saturated carbocycles. The predicted molar refractivity (Wildman–Crippen MR) is 145 cm³/mol. The molecule has 5 rings (SSSR count). The lowest BCUT2D eigenvalue weighted by Gasteiger charge is -2.44. The Balaban J connectivity index is 1.49. The lowest BCUT2D eigenvalue weighted by molar-refractivity contribution is 0.0526. The van der Waals surface area contributed by atoms with Crippen molar-refractivity contribution in [2.75, 3.05) is 23.8 Å². The van der Waals surface area contributed by atoms with Gasteiger partial charge in [-0.25, -0.2) is 13.6 Å². The number of halogens is 3. The van der Waals surface area contributed by atoms with Gasteiger partial charge in [-0.2, -0.15) is 0 Å². The minimum Gasteiger partial charge on any atom is -0.493 e. The van der Waals surface area contributed by atoms with Crippen molar-refractivity contribution in [1.29, 1.82) is 0 Å². The molecule has 2 N–H and O–H groups in total. The first-order chi connectivity index (χ1) is 18.4. The van der Waals surface area contributed by atoms with E-state index in [1.807, 2.05) is 24.3 Å². The number of rotatable bonds is 8. The van der Waals surface area contributed by atoms with Crippen LogP contribution >= 0.6 is 11.6 Å². The van der Waals surface area contributed by atoms with E-state index in [9.17, 15) is 13.6 Å². The molecule has 5 nitrogen and oxygen atoms in total. The summed E-state index contributed by atoms with van der Waals surface area (Å²) < 4.78 is 39.9. The molecule has 1 aliphatic heterocycles. The smallest absolute Gasteiger partial charge is 0.338 e. The van der Waals surface area contributed by atoms with Crippen LogP contribution in [0.4, 0.5) is 20.2 Å². The van der Waals surface area contributed by atoms with Crippen molar-refractivity contribution in [2.45, 2.75) is 44.7 Å². The fourth-order valence-corrected chi connectivity index (χ4v) is 5.83. The van der Waals surface area contributed by atoms with Crippen LogP contribution in [0.25, 0.3) is 0 Å². The predicted octanol–water partition coefficient (Wildman–Crippen LogP) is 7.76. The molecule has 0 spiro atoms. The van der Waals surface area contributed by atoms with Crippen LogP contribution in [-0.4, -0.2) is 19.2 Å². The van der Waals surface area contributed by atoms with Gasteiger partial charge in [-0.3, -0.25) is 0 Å². The van der Waals surface area contributed by atoms with Gasteiger partial charge in [-0.1, -0.05) is 43.0 Å². The van der Waals surface area contributed by atoms with Crippen LogP contribution in [0.3, 0.4) is 0 Å². The van der Waals surface area contributed by atoms with E-state index in [0.717, 1.165) is 31.2 Å². The van der Waals surface area contributed by atoms with Crippen molar-refractivity contribution in [3.05, 3.63) is 88.4 Å². The van der Waals surface area contributed by atoms with Gasteiger partial charge in [0.15, 0.2) is 11.6 Å². The number of anilines is 2. The third-order valence-electron chi connectivity index (χ3n) is 7.59. The first-order valence-corrected chi connectivity index (χ1v) is 13.5. The first kappa shape index (κ1) is 26.3. The number of carbonyl (C=O) groups excluding carboxylic acids is 1. The number of carbonyl (C=O) groups is 1. The first-order valence-electron chi connectivity index (χ1n) is 13.1. The highest BCUT2D eigenvalue weighted by Crippen LogP contribution is 2.49. The number of hydrogen-bond acceptors (Lipinski definition) is 5. The largest absolute Gasteiger partial charge is 0.493 e. The maximum absolute atomic E-state index is 14.2. The summed E-state index contributed by atoms with van der Waals surface area (Å²) in [5.41, 5.74) is 1.48. The molecule has 38 heavy (non-hydrogen) atoms. The molecule has 3 aromatic carbocycles. The van der Waals surface area contributed by atoms with Crippen molar-refractivity contribution in [1.82, 2.24) is 0 Å². The minimum absolute atomic E-state index is 0.104. The summed E-state index contributed by atoms with van der Waals surface area (Å²) in [6.45, 7) is 2.41. The summed E-state index contributed by atoms with van der Waals surface area (Å²) in [5, 5.41) is 7.64. The number of ether oxygens (including phenoxy) is 2. The molecule has 0 radical (unpaired) electrons. The van der Waals surface area contributed by atoms with Crippen molar-refractivity contribution < 1.29 is 23.0 Å². The molecule has 3 aromatic rings. The van der Waals surface area contributed by atoms with Crippen molar-refractivity contribution >= 4 is 28.9 Å². The van der Waals surface area contributed by atoms with Crippen molar-refractivity contribution in [3.8, 4) is 5.75 Å². The van der Waals surface area contributed by atoms with E-state index in [1.165, 1.54) is 18.6 Å². The summed E-state index contributed by atoms with van der Waals surface area (Å²) in [7, 11) is 0. The zero-order valence-electron chi connectivity index (χ0n) is 21.2. The fourth-order valence-electron chi connectivity index (χ4n) is 5.71. The molecule has 1 atom stereocenters. The second-order valence-corrected chi connectivity index (χ2v) is 10.4. The third kappa shape index (κ3) is 5.30. The van der Waals surface area contributed by atoms with Crippen LogP contribution in [0.1, 0.15) is 54.9 Å². The summed E-state index contributed by atoms with van der Waals surface area (Å²) in [5.74, 6) is -1.38. The molecule has 0 amide bonds. The molecule has 2 aliphatic rings. The fraction of sp³-hybridized carbons (Fsp3) is 0.367. The van der Waals surface area contributed by atoms with Crippen LogP contribution in [-0.2, 0) is 10.4 Å². The molecule has 1 heterocycles. The maximum Gasteiger partial charge on any atom is 0.338 e. The van der Waals surface area contributed by atoms with E-state index in [1.54, 1.807) is 31.2 Å². The number of fused-ring (bicyclic) bond motifs is 1. The normalized spacial score (nSPS) is 17.2. The Morgan fingerprint density at radius 1 is 0.974 bits per heavy atom. The standard InChI is InChI=1S/C30H31ClF2N2O3/c1-2-37-29(36)20-8-14-23(15-9-20)38-18-24(19-6-4-3-5-7-19)30(21-10-12-22(31)13-11-21)34-27-16-25(32)26(33)17-28(27)35-30/h8-17,19,24,34-35H,2-7,18H2,1H3. The average Bonchev–Trinajstić information content (AvgIpc) is 3.29. The van der Waals surface area contributed by atoms with Crippen molar-refractivity contribution in [3.63, 3.8) is 0 Å². The molecular weight excluding hydrogens is 510 g/mol. The van der Waals surface area contributed by atoms with Gasteiger partial charge < -0.3 is 20.1 Å². The number of esters is 1. The Kier molecular flexibility index (Phi) is 7.75. The van der Waals surface area contributed by atoms with Crippen LogP contribution in [0.5, 0.6) is 5.75 Å². The summed E-state index contributed by atoms with van der Waals surface area (Å²) in [6.07, 6.45) is 5.46. The monoisotopic (exact) mass is 540 g/mol. The number of hydrogen-bond donors (Lipinski definition) is 2. The van der Waals surface area contributed by atoms with Crippen LogP contribution in [0.2, 0.25) is 5.02 Å². The van der Waals surface area contributed by atoms with E-state index >= 15 is 0 Å². The summed E-state index contributed by atoms with van der Waals surface area (Å²) in [6, 6.07) is 16.8. The Bertz CT molecular complexity index is 1250. The third-order valence-corrected chi connectivity index (χ3v) is 7.85. The molecule has 200 valence electrons. The average molecular weight is 541 g/mol. The molecule has 0 bridgehead atoms. The summed E-state index contributed by atoms with van der Waals surface area (Å²) in [4.78, 5) is 12.0. The van der Waals surface area contributed by atoms with Gasteiger partial charge in [0.2, 0.25) is 0 Å². The van der Waals surface area contributed by atoms with E-state index in [-0.39, 0.29) is 11.9 Å². The van der Waals surface area contributed by atoms with E-state index in [0.29, 0.717) is 46.8 Å². The SMILES string of the molecule is CCOC(=O)c1ccc(OCC(C2CCCCC2)C2(c3ccc(Cl)cc3)Nc3cc(F)c(F)cc3N2)cc1. The zero-order chi connectivity index (χ0) is 26.7. The molecule has 1 aliphatic carbocycles. The quantitative estimate of drug-likeness (QED) is 0.286. The molecule has 0 saturated heterocycles. The van der Waals surface area contributed by atoms with Gasteiger partial charge in [-0.15, -0.1) is 0 Å². The van der Waals surface area contributed by atoms with Gasteiger partial charge >= 0.3 is 5.97 Å². The Hall–Kier alpha value is -3.32. The number of nitrogens with one attached hydrogen (secondary N) is 2. The van der Waals surface area contributed by atoms with Gasteiger partial charge in [0.1, 0.15) is 11.4 Å².